The topological polar surface area (TPSA) is 112 Å². The van der Waals surface area contributed by atoms with E-state index in [1.807, 2.05) is 45.4 Å². The monoisotopic (exact) mass is 520 g/mol. The number of benzene rings is 2. The summed E-state index contributed by atoms with van der Waals surface area (Å²) in [7, 11) is 9.21. The molecule has 1 heterocycles. The molecule has 0 unspecified atom stereocenters. The van der Waals surface area contributed by atoms with Crippen LogP contribution in [0.15, 0.2) is 55.1 Å². The maximum atomic E-state index is 13.1. The van der Waals surface area contributed by atoms with Gasteiger partial charge in [-0.05, 0) is 68.9 Å². The number of nitrogens with zero attached hydrogens (tertiary/aromatic N) is 3. The zero-order valence-corrected chi connectivity index (χ0v) is 22.6. The number of anilines is 3. The summed E-state index contributed by atoms with van der Waals surface area (Å²) in [6.07, 6.45) is 2.57. The molecule has 3 aromatic rings. The molecule has 3 N–H and O–H groups in total. The summed E-state index contributed by atoms with van der Waals surface area (Å²) in [5.74, 6) is 1.06. The van der Waals surface area contributed by atoms with Crippen molar-refractivity contribution in [3.05, 3.63) is 71.9 Å². The molecule has 10 heteroatoms. The molecule has 0 bridgehead atoms. The van der Waals surface area contributed by atoms with E-state index >= 15 is 0 Å². The van der Waals surface area contributed by atoms with Gasteiger partial charge in [0.25, 0.3) is 5.91 Å². The number of methoxy groups -OCH3 is 2. The number of rotatable bonds is 13. The van der Waals surface area contributed by atoms with Crippen LogP contribution in [0.2, 0.25) is 0 Å². The minimum absolute atomic E-state index is 0.318. The van der Waals surface area contributed by atoms with Crippen LogP contribution < -0.4 is 25.0 Å². The van der Waals surface area contributed by atoms with Gasteiger partial charge in [0.05, 0.1) is 25.5 Å². The van der Waals surface area contributed by atoms with Gasteiger partial charge in [0.1, 0.15) is 11.5 Å². The average molecular weight is 521 g/mol. The summed E-state index contributed by atoms with van der Waals surface area (Å²) in [5, 5.41) is 12.8. The van der Waals surface area contributed by atoms with Crippen LogP contribution in [0.5, 0.6) is 11.5 Å². The summed E-state index contributed by atoms with van der Waals surface area (Å²) < 4.78 is 10.7. The van der Waals surface area contributed by atoms with E-state index in [1.54, 1.807) is 32.4 Å². The highest BCUT2D eigenvalue weighted by Crippen LogP contribution is 2.26. The van der Waals surface area contributed by atoms with Crippen molar-refractivity contribution in [3.8, 4) is 11.5 Å². The molecule has 0 saturated carbocycles. The molecule has 0 saturated heterocycles. The Morgan fingerprint density at radius 1 is 0.974 bits per heavy atom. The Morgan fingerprint density at radius 3 is 2.32 bits per heavy atom. The van der Waals surface area contributed by atoms with Gasteiger partial charge in [-0.3, -0.25) is 14.7 Å². The van der Waals surface area contributed by atoms with Gasteiger partial charge in [0.15, 0.2) is 5.82 Å². The quantitative estimate of drug-likeness (QED) is 0.295. The SMILES string of the molecule is C=CC(=O)Nc1cc(N(C)CCN(C)C)ccc1C(=O)Nc1cc(CCc2cc(OC)cc(OC)c2)[nH]n1. The molecular formula is C28H36N6O4. The number of aromatic amines is 1. The van der Waals surface area contributed by atoms with Crippen molar-refractivity contribution in [1.29, 1.82) is 0 Å². The van der Waals surface area contributed by atoms with Crippen LogP contribution in [0, 0.1) is 0 Å². The van der Waals surface area contributed by atoms with Crippen LogP contribution in [0.3, 0.4) is 0 Å². The molecule has 2 amide bonds. The number of ether oxygens (including phenoxy) is 2. The van der Waals surface area contributed by atoms with Gasteiger partial charge in [-0.25, -0.2) is 0 Å². The molecular weight excluding hydrogens is 484 g/mol. The molecule has 38 heavy (non-hydrogen) atoms. The first-order valence-electron chi connectivity index (χ1n) is 12.2. The molecule has 10 nitrogen and oxygen atoms in total. The Kier molecular flexibility index (Phi) is 9.89. The van der Waals surface area contributed by atoms with Gasteiger partial charge < -0.3 is 29.9 Å². The molecule has 3 rings (SSSR count). The Hall–Kier alpha value is -4.31. The van der Waals surface area contributed by atoms with Crippen molar-refractivity contribution < 1.29 is 19.1 Å². The Labute approximate surface area is 223 Å². The van der Waals surface area contributed by atoms with Crippen LogP contribution in [0.1, 0.15) is 21.6 Å². The van der Waals surface area contributed by atoms with Crippen LogP contribution in [-0.4, -0.2) is 75.4 Å². The molecule has 0 radical (unpaired) electrons. The van der Waals surface area contributed by atoms with E-state index in [0.29, 0.717) is 23.5 Å². The summed E-state index contributed by atoms with van der Waals surface area (Å²) in [6.45, 7) is 5.15. The molecule has 202 valence electrons. The number of aryl methyl sites for hydroxylation is 2. The number of carbonyl (C=O) groups is 2. The van der Waals surface area contributed by atoms with E-state index in [2.05, 4.69) is 37.2 Å². The van der Waals surface area contributed by atoms with Gasteiger partial charge in [0.2, 0.25) is 5.91 Å². The largest absolute Gasteiger partial charge is 0.497 e. The number of aromatic nitrogens is 2. The van der Waals surface area contributed by atoms with Crippen LogP contribution in [0.4, 0.5) is 17.2 Å². The predicted octanol–water partition coefficient (Wildman–Crippen LogP) is 3.59. The first kappa shape index (κ1) is 28.3. The van der Waals surface area contributed by atoms with E-state index < -0.39 is 5.91 Å². The third kappa shape index (κ3) is 7.84. The molecule has 0 aliphatic heterocycles. The molecule has 0 spiro atoms. The zero-order valence-electron chi connectivity index (χ0n) is 22.6. The standard InChI is InChI=1S/C28H36N6O4/c1-7-27(35)29-25-17-21(34(4)13-12-33(2)3)10-11-24(25)28(36)30-26-16-20(31-32-26)9-8-19-14-22(37-5)18-23(15-19)38-6/h7,10-11,14-18H,1,8-9,12-13H2,2-6H3,(H,29,35)(H2,30,31,32,36). The van der Waals surface area contributed by atoms with E-state index in [0.717, 1.165) is 48.0 Å². The number of likely N-dealkylation sites (N-methyl/N-ethyl adjacent to an activating group) is 2. The Balaban J connectivity index is 1.71. The van der Waals surface area contributed by atoms with Crippen molar-refractivity contribution in [2.75, 3.05) is 64.0 Å². The maximum Gasteiger partial charge on any atom is 0.258 e. The average Bonchev–Trinajstić information content (AvgIpc) is 3.37. The number of nitrogens with one attached hydrogen (secondary N) is 3. The van der Waals surface area contributed by atoms with E-state index in [4.69, 9.17) is 9.47 Å². The molecule has 0 aliphatic carbocycles. The van der Waals surface area contributed by atoms with Crippen molar-refractivity contribution in [1.82, 2.24) is 15.1 Å². The summed E-state index contributed by atoms with van der Waals surface area (Å²) in [4.78, 5) is 29.4. The minimum atomic E-state index is -0.400. The third-order valence-corrected chi connectivity index (χ3v) is 5.98. The second kappa shape index (κ2) is 13.3. The van der Waals surface area contributed by atoms with E-state index in [1.165, 1.54) is 6.08 Å². The van der Waals surface area contributed by atoms with Crippen LogP contribution in [0.25, 0.3) is 0 Å². The highest BCUT2D eigenvalue weighted by molar-refractivity contribution is 6.11. The Bertz CT molecular complexity index is 1250. The summed E-state index contributed by atoms with van der Waals surface area (Å²) in [5.41, 5.74) is 3.50. The fourth-order valence-electron chi connectivity index (χ4n) is 3.76. The lowest BCUT2D eigenvalue weighted by atomic mass is 10.1. The molecule has 0 atom stereocenters. The maximum absolute atomic E-state index is 13.1. The van der Waals surface area contributed by atoms with Crippen LogP contribution in [-0.2, 0) is 17.6 Å². The second-order valence-corrected chi connectivity index (χ2v) is 9.10. The van der Waals surface area contributed by atoms with Crippen molar-refractivity contribution in [2.24, 2.45) is 0 Å². The zero-order chi connectivity index (χ0) is 27.7. The van der Waals surface area contributed by atoms with Gasteiger partial charge in [0, 0.05) is 43.7 Å². The fourth-order valence-corrected chi connectivity index (χ4v) is 3.76. The highest BCUT2D eigenvalue weighted by Gasteiger charge is 2.17. The van der Waals surface area contributed by atoms with Crippen molar-refractivity contribution in [3.63, 3.8) is 0 Å². The first-order valence-corrected chi connectivity index (χ1v) is 12.2. The number of hydrogen-bond donors (Lipinski definition) is 3. The van der Waals surface area contributed by atoms with Crippen molar-refractivity contribution in [2.45, 2.75) is 12.8 Å². The lowest BCUT2D eigenvalue weighted by Crippen LogP contribution is -2.28. The van der Waals surface area contributed by atoms with E-state index in [9.17, 15) is 9.59 Å². The van der Waals surface area contributed by atoms with Gasteiger partial charge >= 0.3 is 0 Å². The fraction of sp³-hybridized carbons (Fsp3) is 0.321. The molecule has 1 aromatic heterocycles. The summed E-state index contributed by atoms with van der Waals surface area (Å²) in [6, 6.07) is 12.9. The lowest BCUT2D eigenvalue weighted by molar-refractivity contribution is -0.111. The number of H-pyrrole nitrogens is 1. The molecule has 0 aliphatic rings. The predicted molar refractivity (Wildman–Crippen MR) is 151 cm³/mol. The highest BCUT2D eigenvalue weighted by atomic mass is 16.5. The molecule has 2 aromatic carbocycles. The number of amides is 2. The normalized spacial score (nSPS) is 10.7. The number of carbonyl (C=O) groups excluding carboxylic acids is 2. The number of hydrogen-bond acceptors (Lipinski definition) is 7. The minimum Gasteiger partial charge on any atom is -0.497 e. The molecule has 0 fully saturated rings. The van der Waals surface area contributed by atoms with Gasteiger partial charge in [-0.15, -0.1) is 0 Å². The van der Waals surface area contributed by atoms with Crippen LogP contribution >= 0.6 is 0 Å². The third-order valence-electron chi connectivity index (χ3n) is 5.98. The summed E-state index contributed by atoms with van der Waals surface area (Å²) >= 11 is 0. The van der Waals surface area contributed by atoms with Crippen molar-refractivity contribution >= 4 is 29.0 Å². The lowest BCUT2D eigenvalue weighted by Gasteiger charge is -2.23. The van der Waals surface area contributed by atoms with Gasteiger partial charge in [-0.2, -0.15) is 5.10 Å². The smallest absolute Gasteiger partial charge is 0.258 e. The Morgan fingerprint density at radius 2 is 1.68 bits per heavy atom. The van der Waals surface area contributed by atoms with Gasteiger partial charge in [-0.1, -0.05) is 6.58 Å². The van der Waals surface area contributed by atoms with E-state index in [-0.39, 0.29) is 5.91 Å². The first-order chi connectivity index (χ1) is 18.2. The second-order valence-electron chi connectivity index (χ2n) is 9.10.